The number of nitrogens with zero attached hydrogens (tertiary/aromatic N) is 1. The summed E-state index contributed by atoms with van der Waals surface area (Å²) >= 11 is 0. The van der Waals surface area contributed by atoms with Crippen LogP contribution in [0.15, 0.2) is 25.3 Å². The number of nitrogens with one attached hydrogen (secondary N) is 2. The fourth-order valence-corrected chi connectivity index (χ4v) is 5.91. The lowest BCUT2D eigenvalue weighted by Gasteiger charge is -2.34. The van der Waals surface area contributed by atoms with Crippen LogP contribution in [0.25, 0.3) is 0 Å². The summed E-state index contributed by atoms with van der Waals surface area (Å²) in [7, 11) is 0. The van der Waals surface area contributed by atoms with Crippen LogP contribution in [0.4, 0.5) is 4.79 Å². The monoisotopic (exact) mass is 547 g/mol. The number of carbonyl (C=O) groups excluding carboxylic acids is 3. The molecule has 2 rings (SSSR count). The van der Waals surface area contributed by atoms with Gasteiger partial charge in [0.05, 0.1) is 6.10 Å². The molecule has 8 nitrogen and oxygen atoms in total. The highest BCUT2D eigenvalue weighted by molar-refractivity contribution is 5.92. The number of alkyl carbamates (subject to hydrolysis) is 1. The molecule has 0 bridgehead atoms. The second-order valence-electron chi connectivity index (χ2n) is 12.7. The Morgan fingerprint density at radius 1 is 1.18 bits per heavy atom. The molecule has 1 aliphatic carbocycles. The highest BCUT2D eigenvalue weighted by Crippen LogP contribution is 2.48. The summed E-state index contributed by atoms with van der Waals surface area (Å²) < 4.78 is 11.3. The van der Waals surface area contributed by atoms with Gasteiger partial charge < -0.3 is 25.0 Å². The maximum Gasteiger partial charge on any atom is 0.408 e. The Morgan fingerprint density at radius 2 is 1.87 bits per heavy atom. The van der Waals surface area contributed by atoms with E-state index in [-0.39, 0.29) is 35.3 Å². The van der Waals surface area contributed by atoms with Crippen LogP contribution in [0.3, 0.4) is 0 Å². The van der Waals surface area contributed by atoms with Gasteiger partial charge in [-0.2, -0.15) is 0 Å². The standard InChI is InChI=1S/C31H53N3O5/c1-10-13-15-21(4)18-22(5)26(32-29(37)39-30(7,8)9)28(36)34-17-14-16-25(34)27(35)33-31(20-24(31)11-2)19-23(6)38-12-3/h10-11,21-26H,1-2,12-20H2,3-9H3,(H,32,37)(H,33,35)/t21?,22?,23?,24-,25?,26?,31-/m1/s1. The van der Waals surface area contributed by atoms with E-state index in [9.17, 15) is 14.4 Å². The maximum absolute atomic E-state index is 14.0. The Morgan fingerprint density at radius 3 is 2.44 bits per heavy atom. The fraction of sp³-hybridized carbons (Fsp3) is 0.774. The van der Waals surface area contributed by atoms with Crippen molar-refractivity contribution in [3.63, 3.8) is 0 Å². The van der Waals surface area contributed by atoms with Crippen molar-refractivity contribution < 1.29 is 23.9 Å². The zero-order valence-electron chi connectivity index (χ0n) is 25.4. The first-order valence-corrected chi connectivity index (χ1v) is 14.7. The average Bonchev–Trinajstić information content (AvgIpc) is 3.26. The van der Waals surface area contributed by atoms with E-state index in [0.717, 1.165) is 32.1 Å². The Bertz CT molecular complexity index is 869. The van der Waals surface area contributed by atoms with E-state index in [1.54, 1.807) is 25.7 Å². The molecule has 3 amide bonds. The summed E-state index contributed by atoms with van der Waals surface area (Å²) in [5.74, 6) is 0.0330. The smallest absolute Gasteiger partial charge is 0.408 e. The zero-order chi connectivity index (χ0) is 29.4. The van der Waals surface area contributed by atoms with Gasteiger partial charge in [-0.05, 0) is 91.4 Å². The van der Waals surface area contributed by atoms with Crippen LogP contribution in [0, 0.1) is 17.8 Å². The van der Waals surface area contributed by atoms with Gasteiger partial charge in [0.2, 0.25) is 11.8 Å². The summed E-state index contributed by atoms with van der Waals surface area (Å²) in [5, 5.41) is 6.13. The second kappa shape index (κ2) is 14.3. The van der Waals surface area contributed by atoms with Crippen LogP contribution < -0.4 is 10.6 Å². The molecule has 1 heterocycles. The second-order valence-corrected chi connectivity index (χ2v) is 12.7. The number of allylic oxidation sites excluding steroid dienone is 1. The quantitative estimate of drug-likeness (QED) is 0.269. The average molecular weight is 548 g/mol. The van der Waals surface area contributed by atoms with Crippen molar-refractivity contribution in [2.75, 3.05) is 13.2 Å². The Kier molecular flexibility index (Phi) is 12.1. The van der Waals surface area contributed by atoms with Crippen molar-refractivity contribution in [2.24, 2.45) is 17.8 Å². The molecule has 0 aromatic rings. The third-order valence-electron chi connectivity index (χ3n) is 7.88. The molecule has 222 valence electrons. The molecular weight excluding hydrogens is 494 g/mol. The molecule has 5 unspecified atom stereocenters. The lowest BCUT2D eigenvalue weighted by atomic mass is 9.88. The van der Waals surface area contributed by atoms with E-state index in [0.29, 0.717) is 31.9 Å². The van der Waals surface area contributed by atoms with Gasteiger partial charge in [0.25, 0.3) is 0 Å². The van der Waals surface area contributed by atoms with Crippen LogP contribution in [0.5, 0.6) is 0 Å². The Balaban J connectivity index is 2.20. The van der Waals surface area contributed by atoms with Gasteiger partial charge in [-0.3, -0.25) is 9.59 Å². The number of ether oxygens (including phenoxy) is 2. The third-order valence-corrected chi connectivity index (χ3v) is 7.88. The summed E-state index contributed by atoms with van der Waals surface area (Å²) in [5.41, 5.74) is -1.07. The normalized spacial score (nSPS) is 25.7. The topological polar surface area (TPSA) is 97.0 Å². The van der Waals surface area contributed by atoms with E-state index in [2.05, 4.69) is 30.7 Å². The molecule has 2 N–H and O–H groups in total. The molecule has 1 aliphatic heterocycles. The van der Waals surface area contributed by atoms with Gasteiger partial charge >= 0.3 is 6.09 Å². The van der Waals surface area contributed by atoms with Crippen molar-refractivity contribution in [2.45, 2.75) is 123 Å². The highest BCUT2D eigenvalue weighted by atomic mass is 16.6. The number of hydrogen-bond acceptors (Lipinski definition) is 5. The lowest BCUT2D eigenvalue weighted by Crippen LogP contribution is -2.57. The van der Waals surface area contributed by atoms with Gasteiger partial charge in [-0.25, -0.2) is 4.79 Å². The van der Waals surface area contributed by atoms with Crippen molar-refractivity contribution in [3.8, 4) is 0 Å². The molecule has 1 saturated heterocycles. The van der Waals surface area contributed by atoms with Gasteiger partial charge in [0.15, 0.2) is 0 Å². The number of rotatable bonds is 15. The first-order valence-electron chi connectivity index (χ1n) is 14.7. The van der Waals surface area contributed by atoms with Crippen molar-refractivity contribution in [1.29, 1.82) is 0 Å². The molecule has 0 aromatic heterocycles. The third kappa shape index (κ3) is 9.66. The number of carbonyl (C=O) groups is 3. The number of amides is 3. The summed E-state index contributed by atoms with van der Waals surface area (Å²) in [6.07, 6.45) is 8.64. The molecule has 2 fully saturated rings. The predicted octanol–water partition coefficient (Wildman–Crippen LogP) is 5.38. The minimum absolute atomic E-state index is 0.00732. The van der Waals surface area contributed by atoms with Gasteiger partial charge in [-0.15, -0.1) is 13.2 Å². The predicted molar refractivity (Wildman–Crippen MR) is 155 cm³/mol. The summed E-state index contributed by atoms with van der Waals surface area (Å²) in [4.78, 5) is 42.0. The van der Waals surface area contributed by atoms with Crippen molar-refractivity contribution in [1.82, 2.24) is 15.5 Å². The van der Waals surface area contributed by atoms with Crippen LogP contribution in [0.2, 0.25) is 0 Å². The molecule has 1 saturated carbocycles. The molecule has 7 atom stereocenters. The molecule has 0 aromatic carbocycles. The molecule has 8 heteroatoms. The molecule has 0 radical (unpaired) electrons. The minimum atomic E-state index is -0.784. The Hall–Kier alpha value is -2.35. The van der Waals surface area contributed by atoms with E-state index in [4.69, 9.17) is 9.47 Å². The lowest BCUT2D eigenvalue weighted by molar-refractivity contribution is -0.141. The van der Waals surface area contributed by atoms with Crippen LogP contribution >= 0.6 is 0 Å². The molecule has 0 spiro atoms. The van der Waals surface area contributed by atoms with Gasteiger partial charge in [-0.1, -0.05) is 26.0 Å². The Labute approximate surface area is 236 Å². The van der Waals surface area contributed by atoms with E-state index in [1.165, 1.54) is 0 Å². The van der Waals surface area contributed by atoms with Crippen molar-refractivity contribution >= 4 is 17.9 Å². The zero-order valence-corrected chi connectivity index (χ0v) is 25.4. The van der Waals surface area contributed by atoms with E-state index < -0.39 is 23.8 Å². The fourth-order valence-electron chi connectivity index (χ4n) is 5.91. The van der Waals surface area contributed by atoms with Crippen LogP contribution in [0.1, 0.15) is 93.4 Å². The van der Waals surface area contributed by atoms with Crippen LogP contribution in [-0.4, -0.2) is 65.3 Å². The molecular formula is C31H53N3O5. The first kappa shape index (κ1) is 32.9. The number of hydrogen-bond donors (Lipinski definition) is 2. The van der Waals surface area contributed by atoms with Gasteiger partial charge in [0.1, 0.15) is 17.7 Å². The maximum atomic E-state index is 14.0. The molecule has 39 heavy (non-hydrogen) atoms. The molecule has 2 aliphatic rings. The van der Waals surface area contributed by atoms with E-state index in [1.807, 2.05) is 32.9 Å². The SMILES string of the molecule is C=CCCC(C)CC(C)C(NC(=O)OC(C)(C)C)C(=O)N1CCCC1C(=O)N[C@]1(CC(C)OCC)C[C@H]1C=C. The minimum Gasteiger partial charge on any atom is -0.444 e. The summed E-state index contributed by atoms with van der Waals surface area (Å²) in [6.45, 7) is 22.3. The van der Waals surface area contributed by atoms with Crippen molar-refractivity contribution in [3.05, 3.63) is 25.3 Å². The van der Waals surface area contributed by atoms with Gasteiger partial charge in [0, 0.05) is 24.6 Å². The largest absolute Gasteiger partial charge is 0.444 e. The first-order chi connectivity index (χ1) is 18.3. The number of likely N-dealkylation sites (tertiary alicyclic amines) is 1. The summed E-state index contributed by atoms with van der Waals surface area (Å²) in [6, 6.07) is -1.36. The van der Waals surface area contributed by atoms with Crippen LogP contribution in [-0.2, 0) is 19.1 Å². The van der Waals surface area contributed by atoms with E-state index >= 15 is 0 Å². The highest BCUT2D eigenvalue weighted by Gasteiger charge is 2.55.